The Morgan fingerprint density at radius 1 is 1.24 bits per heavy atom. The number of hydrogen-bond donors (Lipinski definition) is 1. The molecule has 132 valence electrons. The summed E-state index contributed by atoms with van der Waals surface area (Å²) in [5.41, 5.74) is 1.62. The van der Waals surface area contributed by atoms with E-state index in [2.05, 4.69) is 10.3 Å². The standard InChI is InChI=1S/C18H21N3O3S/c1-14-6-8-17(9-7-14)25(23,24)21-11-3-4-15(13-21)18(22)20-16-5-2-10-19-12-16/h2,5-10,12,15H,3-4,11,13H2,1H3,(H,20,22)/t15-/m1/s1. The summed E-state index contributed by atoms with van der Waals surface area (Å²) in [6.45, 7) is 2.55. The third kappa shape index (κ3) is 4.05. The van der Waals surface area contributed by atoms with Crippen molar-refractivity contribution in [1.82, 2.24) is 9.29 Å². The van der Waals surface area contributed by atoms with Gasteiger partial charge in [0.1, 0.15) is 0 Å². The van der Waals surface area contributed by atoms with Crippen LogP contribution in [0.4, 0.5) is 5.69 Å². The average molecular weight is 359 g/mol. The van der Waals surface area contributed by atoms with Crippen molar-refractivity contribution in [3.8, 4) is 0 Å². The molecule has 2 heterocycles. The van der Waals surface area contributed by atoms with Crippen LogP contribution in [-0.2, 0) is 14.8 Å². The first-order chi connectivity index (χ1) is 12.0. The van der Waals surface area contributed by atoms with Gasteiger partial charge in [-0.05, 0) is 44.0 Å². The Balaban J connectivity index is 1.72. The van der Waals surface area contributed by atoms with Crippen LogP contribution >= 0.6 is 0 Å². The van der Waals surface area contributed by atoms with Crippen molar-refractivity contribution in [1.29, 1.82) is 0 Å². The molecule has 1 aliphatic rings. The Kier molecular flexibility index (Phi) is 5.15. The van der Waals surface area contributed by atoms with Crippen molar-refractivity contribution in [3.63, 3.8) is 0 Å². The van der Waals surface area contributed by atoms with E-state index in [4.69, 9.17) is 0 Å². The SMILES string of the molecule is Cc1ccc(S(=O)(=O)N2CCC[C@@H](C(=O)Nc3cccnc3)C2)cc1. The predicted molar refractivity (Wildman–Crippen MR) is 95.5 cm³/mol. The van der Waals surface area contributed by atoms with Gasteiger partial charge in [0, 0.05) is 19.3 Å². The number of nitrogens with zero attached hydrogens (tertiary/aromatic N) is 2. The zero-order chi connectivity index (χ0) is 17.9. The lowest BCUT2D eigenvalue weighted by molar-refractivity contribution is -0.120. The van der Waals surface area contributed by atoms with Crippen LogP contribution in [0.25, 0.3) is 0 Å². The van der Waals surface area contributed by atoms with E-state index in [1.807, 2.05) is 6.92 Å². The van der Waals surface area contributed by atoms with Gasteiger partial charge in [0.25, 0.3) is 0 Å². The summed E-state index contributed by atoms with van der Waals surface area (Å²) >= 11 is 0. The van der Waals surface area contributed by atoms with Crippen LogP contribution in [-0.4, -0.2) is 36.7 Å². The number of amides is 1. The zero-order valence-corrected chi connectivity index (χ0v) is 14.9. The van der Waals surface area contributed by atoms with Gasteiger partial charge in [0.05, 0.1) is 22.7 Å². The van der Waals surface area contributed by atoms with Gasteiger partial charge in [-0.1, -0.05) is 17.7 Å². The summed E-state index contributed by atoms with van der Waals surface area (Å²) < 4.78 is 27.0. The van der Waals surface area contributed by atoms with E-state index in [-0.39, 0.29) is 23.3 Å². The number of piperidine rings is 1. The fourth-order valence-electron chi connectivity index (χ4n) is 2.92. The topological polar surface area (TPSA) is 79.4 Å². The molecule has 1 N–H and O–H groups in total. The molecule has 1 saturated heterocycles. The Labute approximate surface area is 147 Å². The molecule has 2 aromatic rings. The van der Waals surface area contributed by atoms with Gasteiger partial charge in [-0.25, -0.2) is 8.42 Å². The number of rotatable bonds is 4. The smallest absolute Gasteiger partial charge is 0.243 e. The Hall–Kier alpha value is -2.25. The molecule has 0 bridgehead atoms. The number of nitrogens with one attached hydrogen (secondary N) is 1. The highest BCUT2D eigenvalue weighted by atomic mass is 32.2. The molecule has 25 heavy (non-hydrogen) atoms. The molecule has 1 aliphatic heterocycles. The van der Waals surface area contributed by atoms with Crippen LogP contribution in [0.1, 0.15) is 18.4 Å². The van der Waals surface area contributed by atoms with Crippen molar-refractivity contribution in [2.45, 2.75) is 24.7 Å². The van der Waals surface area contributed by atoms with Crippen molar-refractivity contribution in [2.75, 3.05) is 18.4 Å². The van der Waals surface area contributed by atoms with Crippen LogP contribution in [0.5, 0.6) is 0 Å². The van der Waals surface area contributed by atoms with Gasteiger partial charge >= 0.3 is 0 Å². The second kappa shape index (κ2) is 7.33. The predicted octanol–water partition coefficient (Wildman–Crippen LogP) is 2.43. The van der Waals surface area contributed by atoms with E-state index in [1.54, 1.807) is 48.8 Å². The minimum Gasteiger partial charge on any atom is -0.324 e. The van der Waals surface area contributed by atoms with E-state index in [0.717, 1.165) is 5.56 Å². The summed E-state index contributed by atoms with van der Waals surface area (Å²) in [5, 5.41) is 2.81. The number of sulfonamides is 1. The average Bonchev–Trinajstić information content (AvgIpc) is 2.63. The Morgan fingerprint density at radius 2 is 2.00 bits per heavy atom. The Morgan fingerprint density at radius 3 is 2.68 bits per heavy atom. The summed E-state index contributed by atoms with van der Waals surface area (Å²) in [4.78, 5) is 16.7. The Bertz CT molecular complexity index is 836. The first kappa shape index (κ1) is 17.6. The van der Waals surface area contributed by atoms with Gasteiger partial charge in [0.2, 0.25) is 15.9 Å². The molecule has 1 amide bonds. The number of aryl methyl sites for hydroxylation is 1. The first-order valence-electron chi connectivity index (χ1n) is 8.24. The molecule has 6 nitrogen and oxygen atoms in total. The van der Waals surface area contributed by atoms with Crippen LogP contribution < -0.4 is 5.32 Å². The lowest BCUT2D eigenvalue weighted by Gasteiger charge is -2.31. The number of pyridine rings is 1. The molecular weight excluding hydrogens is 338 g/mol. The van der Waals surface area contributed by atoms with Crippen molar-refractivity contribution in [2.24, 2.45) is 5.92 Å². The zero-order valence-electron chi connectivity index (χ0n) is 14.1. The maximum atomic E-state index is 12.8. The maximum absolute atomic E-state index is 12.8. The minimum atomic E-state index is -3.58. The van der Waals surface area contributed by atoms with Crippen LogP contribution in [0, 0.1) is 12.8 Å². The fourth-order valence-corrected chi connectivity index (χ4v) is 4.44. The molecule has 1 atom stereocenters. The molecule has 0 saturated carbocycles. The number of carbonyl (C=O) groups excluding carboxylic acids is 1. The van der Waals surface area contributed by atoms with E-state index in [0.29, 0.717) is 25.1 Å². The van der Waals surface area contributed by atoms with Crippen LogP contribution in [0.15, 0.2) is 53.7 Å². The summed E-state index contributed by atoms with van der Waals surface area (Å²) in [7, 11) is -3.58. The highest BCUT2D eigenvalue weighted by Crippen LogP contribution is 2.25. The van der Waals surface area contributed by atoms with E-state index in [9.17, 15) is 13.2 Å². The molecule has 1 aromatic heterocycles. The normalized spacial score (nSPS) is 18.7. The van der Waals surface area contributed by atoms with Gasteiger partial charge in [0.15, 0.2) is 0 Å². The van der Waals surface area contributed by atoms with Gasteiger partial charge in [-0.3, -0.25) is 9.78 Å². The van der Waals surface area contributed by atoms with Gasteiger partial charge < -0.3 is 5.32 Å². The van der Waals surface area contributed by atoms with E-state index >= 15 is 0 Å². The third-order valence-electron chi connectivity index (χ3n) is 4.34. The molecule has 7 heteroatoms. The van der Waals surface area contributed by atoms with Crippen LogP contribution in [0.3, 0.4) is 0 Å². The molecule has 0 aliphatic carbocycles. The lowest BCUT2D eigenvalue weighted by atomic mass is 9.99. The largest absolute Gasteiger partial charge is 0.324 e. The summed E-state index contributed by atoms with van der Waals surface area (Å²) in [6, 6.07) is 10.3. The molecule has 0 radical (unpaired) electrons. The van der Waals surface area contributed by atoms with Crippen molar-refractivity contribution in [3.05, 3.63) is 54.4 Å². The second-order valence-electron chi connectivity index (χ2n) is 6.25. The van der Waals surface area contributed by atoms with Crippen molar-refractivity contribution >= 4 is 21.6 Å². The molecular formula is C18H21N3O3S. The second-order valence-corrected chi connectivity index (χ2v) is 8.18. The van der Waals surface area contributed by atoms with Gasteiger partial charge in [-0.15, -0.1) is 0 Å². The van der Waals surface area contributed by atoms with E-state index < -0.39 is 10.0 Å². The number of aromatic nitrogens is 1. The number of hydrogen-bond acceptors (Lipinski definition) is 4. The molecule has 1 fully saturated rings. The number of carbonyl (C=O) groups is 1. The molecule has 3 rings (SSSR count). The minimum absolute atomic E-state index is 0.170. The quantitative estimate of drug-likeness (QED) is 0.909. The first-order valence-corrected chi connectivity index (χ1v) is 9.68. The maximum Gasteiger partial charge on any atom is 0.243 e. The number of benzene rings is 1. The molecule has 0 unspecified atom stereocenters. The highest BCUT2D eigenvalue weighted by molar-refractivity contribution is 7.89. The highest BCUT2D eigenvalue weighted by Gasteiger charge is 2.33. The summed E-state index contributed by atoms with van der Waals surface area (Å²) in [5.74, 6) is -0.536. The number of anilines is 1. The van der Waals surface area contributed by atoms with Crippen molar-refractivity contribution < 1.29 is 13.2 Å². The monoisotopic (exact) mass is 359 g/mol. The third-order valence-corrected chi connectivity index (χ3v) is 6.22. The molecule has 1 aromatic carbocycles. The summed E-state index contributed by atoms with van der Waals surface area (Å²) in [6.07, 6.45) is 4.54. The van der Waals surface area contributed by atoms with E-state index in [1.165, 1.54) is 4.31 Å². The van der Waals surface area contributed by atoms with Crippen LogP contribution in [0.2, 0.25) is 0 Å². The lowest BCUT2D eigenvalue weighted by Crippen LogP contribution is -2.43. The molecule has 0 spiro atoms. The van der Waals surface area contributed by atoms with Gasteiger partial charge in [-0.2, -0.15) is 4.31 Å². The fraction of sp³-hybridized carbons (Fsp3) is 0.333.